The summed E-state index contributed by atoms with van der Waals surface area (Å²) in [5.41, 5.74) is 1.02. The fraction of sp³-hybridized carbons (Fsp3) is 0.500. The van der Waals surface area contributed by atoms with Crippen molar-refractivity contribution >= 4 is 5.91 Å². The Morgan fingerprint density at radius 2 is 2.41 bits per heavy atom. The number of amides is 1. The summed E-state index contributed by atoms with van der Waals surface area (Å²) in [7, 11) is 2.14. The van der Waals surface area contributed by atoms with Crippen LogP contribution in [0.15, 0.2) is 27.3 Å². The molecule has 6 heteroatoms. The molecule has 1 atom stereocenters. The van der Waals surface area contributed by atoms with Gasteiger partial charge in [0.15, 0.2) is 5.76 Å². The molecular formula is C16H21N3O3. The van der Waals surface area contributed by atoms with Crippen LogP contribution in [-0.4, -0.2) is 42.1 Å². The van der Waals surface area contributed by atoms with Gasteiger partial charge in [-0.05, 0) is 51.9 Å². The van der Waals surface area contributed by atoms with Crippen LogP contribution in [0.25, 0.3) is 11.5 Å². The highest BCUT2D eigenvalue weighted by molar-refractivity contribution is 6.00. The number of aromatic nitrogens is 1. The van der Waals surface area contributed by atoms with Gasteiger partial charge in [0.05, 0.1) is 12.0 Å². The van der Waals surface area contributed by atoms with Crippen molar-refractivity contribution < 1.29 is 13.7 Å². The number of hydrogen-bond acceptors (Lipinski definition) is 5. The Balaban J connectivity index is 1.64. The Labute approximate surface area is 129 Å². The monoisotopic (exact) mass is 303 g/mol. The molecule has 22 heavy (non-hydrogen) atoms. The number of furan rings is 1. The second-order valence-electron chi connectivity index (χ2n) is 5.77. The Morgan fingerprint density at radius 1 is 1.55 bits per heavy atom. The fourth-order valence-electron chi connectivity index (χ4n) is 3.00. The van der Waals surface area contributed by atoms with Gasteiger partial charge in [-0.1, -0.05) is 5.16 Å². The van der Waals surface area contributed by atoms with Gasteiger partial charge in [0.2, 0.25) is 5.76 Å². The summed E-state index contributed by atoms with van der Waals surface area (Å²) in [6.07, 6.45) is 4.95. The molecule has 118 valence electrons. The van der Waals surface area contributed by atoms with Gasteiger partial charge in [-0.3, -0.25) is 4.79 Å². The van der Waals surface area contributed by atoms with E-state index in [1.54, 1.807) is 25.3 Å². The van der Waals surface area contributed by atoms with E-state index in [-0.39, 0.29) is 5.91 Å². The number of carbonyl (C=O) groups is 1. The van der Waals surface area contributed by atoms with E-state index in [1.165, 1.54) is 12.8 Å². The molecule has 3 rings (SSSR count). The Kier molecular flexibility index (Phi) is 4.29. The molecule has 1 N–H and O–H groups in total. The van der Waals surface area contributed by atoms with Crippen molar-refractivity contribution in [2.45, 2.75) is 32.2 Å². The van der Waals surface area contributed by atoms with Crippen molar-refractivity contribution in [2.24, 2.45) is 0 Å². The smallest absolute Gasteiger partial charge is 0.257 e. The number of nitrogens with zero attached hydrogens (tertiary/aromatic N) is 2. The average Bonchev–Trinajstić information content (AvgIpc) is 3.20. The number of aryl methyl sites for hydroxylation is 1. The summed E-state index contributed by atoms with van der Waals surface area (Å²) in [5.74, 6) is 0.741. The summed E-state index contributed by atoms with van der Waals surface area (Å²) >= 11 is 0. The molecule has 1 amide bonds. The van der Waals surface area contributed by atoms with Crippen LogP contribution in [0.1, 0.15) is 35.3 Å². The zero-order valence-corrected chi connectivity index (χ0v) is 13.0. The minimum Gasteiger partial charge on any atom is -0.461 e. The van der Waals surface area contributed by atoms with Gasteiger partial charge in [-0.2, -0.15) is 0 Å². The third kappa shape index (κ3) is 2.92. The van der Waals surface area contributed by atoms with Gasteiger partial charge >= 0.3 is 0 Å². The Morgan fingerprint density at radius 3 is 3.09 bits per heavy atom. The van der Waals surface area contributed by atoms with Crippen molar-refractivity contribution in [3.8, 4) is 11.5 Å². The van der Waals surface area contributed by atoms with Gasteiger partial charge in [0.25, 0.3) is 5.91 Å². The van der Waals surface area contributed by atoms with Crippen LogP contribution in [0.5, 0.6) is 0 Å². The van der Waals surface area contributed by atoms with E-state index in [0.29, 0.717) is 35.4 Å². The number of nitrogens with one attached hydrogen (secondary N) is 1. The molecule has 1 fully saturated rings. The van der Waals surface area contributed by atoms with Gasteiger partial charge in [-0.15, -0.1) is 0 Å². The summed E-state index contributed by atoms with van der Waals surface area (Å²) in [6, 6.07) is 4.07. The van der Waals surface area contributed by atoms with Gasteiger partial charge in [-0.25, -0.2) is 0 Å². The van der Waals surface area contributed by atoms with Crippen LogP contribution < -0.4 is 5.32 Å². The molecule has 0 bridgehead atoms. The summed E-state index contributed by atoms with van der Waals surface area (Å²) in [4.78, 5) is 14.8. The largest absolute Gasteiger partial charge is 0.461 e. The fourth-order valence-corrected chi connectivity index (χ4v) is 3.00. The van der Waals surface area contributed by atoms with Crippen molar-refractivity contribution in [3.05, 3.63) is 29.7 Å². The molecule has 1 aliphatic heterocycles. The molecule has 0 aliphatic carbocycles. The molecule has 0 aromatic carbocycles. The first-order valence-corrected chi connectivity index (χ1v) is 7.65. The average molecular weight is 303 g/mol. The molecule has 1 saturated heterocycles. The van der Waals surface area contributed by atoms with Crippen molar-refractivity contribution in [1.29, 1.82) is 0 Å². The first-order valence-electron chi connectivity index (χ1n) is 7.65. The molecule has 1 unspecified atom stereocenters. The second-order valence-corrected chi connectivity index (χ2v) is 5.77. The molecule has 0 saturated carbocycles. The summed E-state index contributed by atoms with van der Waals surface area (Å²) < 4.78 is 10.5. The van der Waals surface area contributed by atoms with Gasteiger partial charge < -0.3 is 19.2 Å². The van der Waals surface area contributed by atoms with E-state index in [1.807, 2.05) is 0 Å². The van der Waals surface area contributed by atoms with Crippen LogP contribution in [0.4, 0.5) is 0 Å². The number of carbonyl (C=O) groups excluding carboxylic acids is 1. The first-order chi connectivity index (χ1) is 10.7. The quantitative estimate of drug-likeness (QED) is 0.918. The maximum absolute atomic E-state index is 12.4. The molecule has 1 aliphatic rings. The van der Waals surface area contributed by atoms with E-state index in [4.69, 9.17) is 8.94 Å². The van der Waals surface area contributed by atoms with Crippen LogP contribution in [0.2, 0.25) is 0 Å². The number of likely N-dealkylation sites (tertiary alicyclic amines) is 1. The number of rotatable bonds is 5. The SMILES string of the molecule is Cc1noc(-c2ccco2)c1C(=O)NCCC1CCCN1C. The summed E-state index contributed by atoms with van der Waals surface area (Å²) in [5, 5.41) is 6.86. The first kappa shape index (κ1) is 14.8. The third-order valence-electron chi connectivity index (χ3n) is 4.27. The zero-order chi connectivity index (χ0) is 15.5. The topological polar surface area (TPSA) is 71.5 Å². The maximum Gasteiger partial charge on any atom is 0.257 e. The lowest BCUT2D eigenvalue weighted by Gasteiger charge is -2.19. The molecule has 0 radical (unpaired) electrons. The van der Waals surface area contributed by atoms with Crippen LogP contribution >= 0.6 is 0 Å². The minimum atomic E-state index is -0.161. The van der Waals surface area contributed by atoms with E-state index < -0.39 is 0 Å². The highest BCUT2D eigenvalue weighted by Gasteiger charge is 2.24. The highest BCUT2D eigenvalue weighted by Crippen LogP contribution is 2.26. The van der Waals surface area contributed by atoms with E-state index in [2.05, 4.69) is 22.4 Å². The Bertz CT molecular complexity index is 633. The van der Waals surface area contributed by atoms with Crippen LogP contribution in [-0.2, 0) is 0 Å². The highest BCUT2D eigenvalue weighted by atomic mass is 16.5. The van der Waals surface area contributed by atoms with E-state index in [0.717, 1.165) is 13.0 Å². The van der Waals surface area contributed by atoms with E-state index in [9.17, 15) is 4.79 Å². The molecule has 6 nitrogen and oxygen atoms in total. The molecule has 2 aromatic heterocycles. The third-order valence-corrected chi connectivity index (χ3v) is 4.27. The lowest BCUT2D eigenvalue weighted by molar-refractivity contribution is 0.0950. The lowest BCUT2D eigenvalue weighted by atomic mass is 10.1. The molecular weight excluding hydrogens is 282 g/mol. The number of hydrogen-bond donors (Lipinski definition) is 1. The maximum atomic E-state index is 12.4. The predicted molar refractivity (Wildman–Crippen MR) is 81.5 cm³/mol. The predicted octanol–water partition coefficient (Wildman–Crippen LogP) is 2.46. The molecule has 2 aromatic rings. The van der Waals surface area contributed by atoms with Gasteiger partial charge in [0, 0.05) is 12.6 Å². The summed E-state index contributed by atoms with van der Waals surface area (Å²) in [6.45, 7) is 3.55. The zero-order valence-electron chi connectivity index (χ0n) is 13.0. The van der Waals surface area contributed by atoms with Crippen molar-refractivity contribution in [2.75, 3.05) is 20.1 Å². The van der Waals surface area contributed by atoms with Crippen LogP contribution in [0.3, 0.4) is 0 Å². The Hall–Kier alpha value is -2.08. The minimum absolute atomic E-state index is 0.161. The second kappa shape index (κ2) is 6.36. The standard InChI is InChI=1S/C16H21N3O3/c1-11-14(15(22-18-11)13-6-4-10-21-13)16(20)17-8-7-12-5-3-9-19(12)2/h4,6,10,12H,3,5,7-9H2,1-2H3,(H,17,20). The normalized spacial score (nSPS) is 18.7. The molecule has 3 heterocycles. The van der Waals surface area contributed by atoms with Crippen LogP contribution in [0, 0.1) is 6.92 Å². The van der Waals surface area contributed by atoms with Crippen molar-refractivity contribution in [3.63, 3.8) is 0 Å². The van der Waals surface area contributed by atoms with E-state index >= 15 is 0 Å². The van der Waals surface area contributed by atoms with Crippen molar-refractivity contribution in [1.82, 2.24) is 15.4 Å². The van der Waals surface area contributed by atoms with Gasteiger partial charge in [0.1, 0.15) is 5.56 Å². The lowest BCUT2D eigenvalue weighted by Crippen LogP contribution is -2.32. The molecule has 0 spiro atoms.